The van der Waals surface area contributed by atoms with Crippen molar-refractivity contribution >= 4 is 18.0 Å². The van der Waals surface area contributed by atoms with E-state index in [1.165, 1.54) is 27.4 Å². The zero-order chi connectivity index (χ0) is 38.7. The van der Waals surface area contributed by atoms with Gasteiger partial charge in [-0.2, -0.15) is 0 Å². The summed E-state index contributed by atoms with van der Waals surface area (Å²) in [6.07, 6.45) is -3.45. The van der Waals surface area contributed by atoms with Crippen molar-refractivity contribution in [1.29, 1.82) is 0 Å². The number of ketones is 1. The average molecular weight is 743 g/mol. The Morgan fingerprint density at radius 2 is 1.58 bits per heavy atom. The van der Waals surface area contributed by atoms with Gasteiger partial charge in [0.05, 0.1) is 43.5 Å². The summed E-state index contributed by atoms with van der Waals surface area (Å²) in [6.45, 7) is 10.7. The summed E-state index contributed by atoms with van der Waals surface area (Å²) < 4.78 is 47.1. The molecule has 0 aromatic rings. The second kappa shape index (κ2) is 21.1. The number of esters is 1. The Morgan fingerprint density at radius 1 is 0.885 bits per heavy atom. The second-order valence-electron chi connectivity index (χ2n) is 14.5. The van der Waals surface area contributed by atoms with Crippen LogP contribution in [0.3, 0.4) is 0 Å². The highest BCUT2D eigenvalue weighted by Crippen LogP contribution is 2.34. The third kappa shape index (κ3) is 11.7. The maximum Gasteiger partial charge on any atom is 0.308 e. The molecule has 2 saturated heterocycles. The fourth-order valence-electron chi connectivity index (χ4n) is 7.38. The van der Waals surface area contributed by atoms with Gasteiger partial charge in [-0.1, -0.05) is 38.5 Å². The summed E-state index contributed by atoms with van der Waals surface area (Å²) in [6, 6.07) is 0. The van der Waals surface area contributed by atoms with Crippen LogP contribution in [0.2, 0.25) is 0 Å². The predicted molar refractivity (Wildman–Crippen MR) is 188 cm³/mol. The maximum atomic E-state index is 13.5. The number of aliphatic hydroxyl groups is 3. The molecule has 0 amide bonds. The average Bonchev–Trinajstić information content (AvgIpc) is 3.11. The number of cyclic esters (lactones) is 1. The zero-order valence-corrected chi connectivity index (χ0v) is 32.1. The fraction of sp³-hybridized carbons (Fsp3) is 0.816. The molecule has 14 heteroatoms. The van der Waals surface area contributed by atoms with Crippen LogP contribution in [-0.2, 0) is 52.3 Å². The molecule has 0 radical (unpaired) electrons. The molecule has 0 aromatic heterocycles. The first kappa shape index (κ1) is 44.3. The van der Waals surface area contributed by atoms with Crippen LogP contribution in [0, 0.1) is 23.7 Å². The van der Waals surface area contributed by atoms with Gasteiger partial charge in [0.2, 0.25) is 0 Å². The second-order valence-corrected chi connectivity index (χ2v) is 14.5. The maximum absolute atomic E-state index is 13.5. The van der Waals surface area contributed by atoms with Gasteiger partial charge in [-0.15, -0.1) is 0 Å². The summed E-state index contributed by atoms with van der Waals surface area (Å²) in [7, 11) is 4.43. The quantitative estimate of drug-likeness (QED) is 0.207. The topological polar surface area (TPSA) is 186 Å². The van der Waals surface area contributed by atoms with Gasteiger partial charge in [0.25, 0.3) is 0 Å². The van der Waals surface area contributed by atoms with Crippen molar-refractivity contribution in [3.63, 3.8) is 0 Å². The molecule has 0 spiro atoms. The van der Waals surface area contributed by atoms with Crippen molar-refractivity contribution in [1.82, 2.24) is 0 Å². The lowest BCUT2D eigenvalue weighted by molar-refractivity contribution is -0.304. The lowest BCUT2D eigenvalue weighted by atomic mass is 9.79. The lowest BCUT2D eigenvalue weighted by Gasteiger charge is -2.42. The number of rotatable bonds is 11. The normalized spacial score (nSPS) is 43.3. The van der Waals surface area contributed by atoms with Gasteiger partial charge >= 0.3 is 5.97 Å². The van der Waals surface area contributed by atoms with Crippen LogP contribution in [0.1, 0.15) is 73.6 Å². The van der Waals surface area contributed by atoms with Crippen LogP contribution in [0.25, 0.3) is 0 Å². The SMILES string of the molecule is CC[C@H]1OC(=O)C[C@@H](O)[C@H](C)[C@@H](O[C@@H]2O[C@H](C)C[C@H](OC)[C@H]2O)[C@@H](CC=O)C[C@@H](C)C(=O)/C=C/C(C)=C/[C@@H]1CO[C@@H]1O[C@H](C)[C@@H](O)[C@@H](OC)[C@H]1OC. The number of allylic oxidation sites excluding steroid dienone is 3. The Balaban J connectivity index is 1.94. The van der Waals surface area contributed by atoms with E-state index in [0.717, 1.165) is 6.29 Å². The molecule has 0 saturated carbocycles. The number of aliphatic hydroxyl groups excluding tert-OH is 3. The molecule has 3 N–H and O–H groups in total. The van der Waals surface area contributed by atoms with Crippen molar-refractivity contribution < 1.29 is 67.6 Å². The third-order valence-electron chi connectivity index (χ3n) is 10.6. The number of aldehydes is 1. The van der Waals surface area contributed by atoms with Gasteiger partial charge in [-0.25, -0.2) is 0 Å². The van der Waals surface area contributed by atoms with E-state index >= 15 is 0 Å². The highest BCUT2D eigenvalue weighted by atomic mass is 16.7. The van der Waals surface area contributed by atoms with Crippen molar-refractivity contribution in [2.24, 2.45) is 23.7 Å². The first-order chi connectivity index (χ1) is 24.7. The Labute approximate surface area is 308 Å². The molecular formula is C38H62O14. The van der Waals surface area contributed by atoms with E-state index in [4.69, 9.17) is 37.9 Å². The molecule has 0 bridgehead atoms. The molecule has 0 aliphatic carbocycles. The first-order valence-corrected chi connectivity index (χ1v) is 18.4. The predicted octanol–water partition coefficient (Wildman–Crippen LogP) is 2.68. The number of hydrogen-bond donors (Lipinski definition) is 3. The Hall–Kier alpha value is -2.11. The molecule has 3 aliphatic heterocycles. The highest BCUT2D eigenvalue weighted by Gasteiger charge is 2.46. The van der Waals surface area contributed by atoms with Gasteiger partial charge in [0, 0.05) is 51.9 Å². The lowest BCUT2D eigenvalue weighted by Crippen LogP contribution is -2.59. The Bertz CT molecular complexity index is 1190. The third-order valence-corrected chi connectivity index (χ3v) is 10.6. The number of carbonyl (C=O) groups is 3. The van der Waals surface area contributed by atoms with E-state index < -0.39 is 97.2 Å². The first-order valence-electron chi connectivity index (χ1n) is 18.4. The van der Waals surface area contributed by atoms with E-state index in [-0.39, 0.29) is 37.8 Å². The monoisotopic (exact) mass is 742 g/mol. The molecular weight excluding hydrogens is 680 g/mol. The molecule has 0 aromatic carbocycles. The molecule has 16 atom stereocenters. The number of ether oxygens (including phenoxy) is 8. The van der Waals surface area contributed by atoms with Crippen LogP contribution in [0.15, 0.2) is 23.8 Å². The van der Waals surface area contributed by atoms with Gasteiger partial charge in [0.15, 0.2) is 18.4 Å². The summed E-state index contributed by atoms with van der Waals surface area (Å²) in [5.74, 6) is -3.18. The van der Waals surface area contributed by atoms with E-state index in [9.17, 15) is 29.7 Å². The standard InChI is InChI=1S/C38H62O14/c1-10-29-26(19-48-38-36(47-9)35(46-8)32(43)24(6)50-38)15-20(2)11-12-27(40)21(3)16-25(13-14-39)34(23(5)28(41)18-31(42)51-29)52-37-33(44)30(45-7)17-22(4)49-37/h11-12,14-15,21-26,28-30,32-38,41,43-44H,10,13,16-19H2,1-9H3/b12-11+,20-15+/t21-,22-,23+,24-,25+,26-,28-,29-,30+,32-,33-,34-,35-,36-,37+,38-/m1/s1. The zero-order valence-electron chi connectivity index (χ0n) is 32.1. The van der Waals surface area contributed by atoms with E-state index in [1.54, 1.807) is 26.8 Å². The van der Waals surface area contributed by atoms with Gasteiger partial charge in [0.1, 0.15) is 36.8 Å². The van der Waals surface area contributed by atoms with Gasteiger partial charge < -0.3 is 58.0 Å². The smallest absolute Gasteiger partial charge is 0.308 e. The summed E-state index contributed by atoms with van der Waals surface area (Å²) in [5, 5.41) is 33.1. The molecule has 3 rings (SSSR count). The molecule has 3 aliphatic rings. The molecule has 0 unspecified atom stereocenters. The largest absolute Gasteiger partial charge is 0.462 e. The highest BCUT2D eigenvalue weighted by molar-refractivity contribution is 5.91. The van der Waals surface area contributed by atoms with Gasteiger partial charge in [-0.05, 0) is 45.6 Å². The van der Waals surface area contributed by atoms with Crippen molar-refractivity contribution in [3.8, 4) is 0 Å². The van der Waals surface area contributed by atoms with Crippen LogP contribution < -0.4 is 0 Å². The van der Waals surface area contributed by atoms with Crippen molar-refractivity contribution in [3.05, 3.63) is 23.8 Å². The van der Waals surface area contributed by atoms with E-state index in [0.29, 0.717) is 18.4 Å². The van der Waals surface area contributed by atoms with E-state index in [2.05, 4.69) is 0 Å². The number of methoxy groups -OCH3 is 3. The molecule has 14 nitrogen and oxygen atoms in total. The number of carbonyl (C=O) groups excluding carboxylic acids is 3. The van der Waals surface area contributed by atoms with E-state index in [1.807, 2.05) is 26.8 Å². The minimum absolute atomic E-state index is 0.00953. The fourth-order valence-corrected chi connectivity index (χ4v) is 7.38. The van der Waals surface area contributed by atoms with Crippen LogP contribution in [0.4, 0.5) is 0 Å². The number of hydrogen-bond acceptors (Lipinski definition) is 14. The van der Waals surface area contributed by atoms with Crippen molar-refractivity contribution in [2.75, 3.05) is 27.9 Å². The minimum atomic E-state index is -1.27. The van der Waals surface area contributed by atoms with Crippen LogP contribution in [-0.4, -0.2) is 135 Å². The molecule has 298 valence electrons. The summed E-state index contributed by atoms with van der Waals surface area (Å²) in [4.78, 5) is 38.9. The summed E-state index contributed by atoms with van der Waals surface area (Å²) in [5.41, 5.74) is 0.715. The van der Waals surface area contributed by atoms with Crippen LogP contribution in [0.5, 0.6) is 0 Å². The molecule has 3 heterocycles. The van der Waals surface area contributed by atoms with Gasteiger partial charge in [-0.3, -0.25) is 9.59 Å². The van der Waals surface area contributed by atoms with Crippen LogP contribution >= 0.6 is 0 Å². The Morgan fingerprint density at radius 3 is 2.19 bits per heavy atom. The molecule has 2 fully saturated rings. The summed E-state index contributed by atoms with van der Waals surface area (Å²) >= 11 is 0. The molecule has 52 heavy (non-hydrogen) atoms. The Kier molecular flexibility index (Phi) is 18.0. The minimum Gasteiger partial charge on any atom is -0.462 e. The van der Waals surface area contributed by atoms with Crippen molar-refractivity contribution in [2.45, 2.75) is 147 Å².